The molecule has 25 heavy (non-hydrogen) atoms. The van der Waals surface area contributed by atoms with Gasteiger partial charge in [0.15, 0.2) is 5.16 Å². The summed E-state index contributed by atoms with van der Waals surface area (Å²) in [6.45, 7) is 0. The molecule has 0 spiro atoms. The molecule has 0 aliphatic rings. The van der Waals surface area contributed by atoms with Crippen molar-refractivity contribution < 1.29 is 4.92 Å². The largest absolute Gasteiger partial charge is 0.309 e. The second-order valence-electron chi connectivity index (χ2n) is 5.27. The van der Waals surface area contributed by atoms with Gasteiger partial charge in [0.2, 0.25) is 0 Å². The van der Waals surface area contributed by atoms with Crippen molar-refractivity contribution in [2.45, 2.75) is 16.5 Å². The van der Waals surface area contributed by atoms with Crippen molar-refractivity contribution in [3.05, 3.63) is 75.6 Å². The third-order valence-corrected chi connectivity index (χ3v) is 4.72. The number of benzene rings is 2. The Kier molecular flexibility index (Phi) is 4.77. The van der Waals surface area contributed by atoms with E-state index in [1.807, 2.05) is 48.0 Å². The highest BCUT2D eigenvalue weighted by atomic mass is 32.2. The van der Waals surface area contributed by atoms with E-state index in [0.717, 1.165) is 23.1 Å². The summed E-state index contributed by atoms with van der Waals surface area (Å²) in [6.07, 6.45) is 0.625. The predicted octanol–water partition coefficient (Wildman–Crippen LogP) is 3.34. The molecule has 3 aromatic rings. The van der Waals surface area contributed by atoms with Gasteiger partial charge in [0.05, 0.1) is 21.5 Å². The molecule has 1 aromatic heterocycles. The van der Waals surface area contributed by atoms with Crippen LogP contribution in [0.15, 0.2) is 58.6 Å². The molecule has 0 unspecified atom stereocenters. The molecular formula is C17H13N5O2S. The summed E-state index contributed by atoms with van der Waals surface area (Å²) in [7, 11) is 1.83. The Morgan fingerprint density at radius 3 is 2.68 bits per heavy atom. The third-order valence-electron chi connectivity index (χ3n) is 3.62. The van der Waals surface area contributed by atoms with E-state index in [0.29, 0.717) is 16.5 Å². The van der Waals surface area contributed by atoms with Gasteiger partial charge in [0, 0.05) is 19.5 Å². The highest BCUT2D eigenvalue weighted by molar-refractivity contribution is 7.99. The fourth-order valence-electron chi connectivity index (χ4n) is 2.28. The lowest BCUT2D eigenvalue weighted by Gasteiger charge is -2.05. The summed E-state index contributed by atoms with van der Waals surface area (Å²) in [4.78, 5) is 11.2. The number of hydrogen-bond donors (Lipinski definition) is 0. The van der Waals surface area contributed by atoms with Crippen LogP contribution in [-0.2, 0) is 13.5 Å². The molecule has 0 saturated carbocycles. The number of nitro groups is 1. The molecule has 0 fully saturated rings. The molecule has 2 aromatic carbocycles. The van der Waals surface area contributed by atoms with Crippen molar-refractivity contribution in [1.29, 1.82) is 5.26 Å². The summed E-state index contributed by atoms with van der Waals surface area (Å²) in [6, 6.07) is 16.2. The fraction of sp³-hybridized carbons (Fsp3) is 0.118. The standard InChI is InChI=1S/C17H13N5O2S/c1-21-16(10-12-5-3-2-4-6-12)19-20-17(21)25-15-8-7-13(11-18)9-14(15)22(23)24/h2-9H,10H2,1H3. The minimum Gasteiger partial charge on any atom is -0.309 e. The van der Waals surface area contributed by atoms with Gasteiger partial charge in [-0.1, -0.05) is 30.3 Å². The second-order valence-corrected chi connectivity index (χ2v) is 6.28. The number of nitro benzene ring substituents is 1. The molecule has 8 heteroatoms. The van der Waals surface area contributed by atoms with E-state index in [-0.39, 0.29) is 11.3 Å². The van der Waals surface area contributed by atoms with Crippen molar-refractivity contribution in [1.82, 2.24) is 14.8 Å². The van der Waals surface area contributed by atoms with Crippen molar-refractivity contribution in [3.63, 3.8) is 0 Å². The summed E-state index contributed by atoms with van der Waals surface area (Å²) >= 11 is 1.16. The molecule has 0 bridgehead atoms. The number of aromatic nitrogens is 3. The first-order valence-electron chi connectivity index (χ1n) is 7.37. The monoisotopic (exact) mass is 351 g/mol. The van der Waals surface area contributed by atoms with Gasteiger partial charge < -0.3 is 4.57 Å². The maximum absolute atomic E-state index is 11.3. The van der Waals surface area contributed by atoms with E-state index >= 15 is 0 Å². The topological polar surface area (TPSA) is 97.6 Å². The highest BCUT2D eigenvalue weighted by Crippen LogP contribution is 2.34. The Labute approximate surface area is 148 Å². The summed E-state index contributed by atoms with van der Waals surface area (Å²) in [5.41, 5.74) is 1.24. The predicted molar refractivity (Wildman–Crippen MR) is 92.2 cm³/mol. The van der Waals surface area contributed by atoms with E-state index < -0.39 is 4.92 Å². The quantitative estimate of drug-likeness (QED) is 0.516. The van der Waals surface area contributed by atoms with Crippen LogP contribution in [0.2, 0.25) is 0 Å². The number of rotatable bonds is 5. The lowest BCUT2D eigenvalue weighted by atomic mass is 10.1. The first kappa shape index (κ1) is 16.7. The van der Waals surface area contributed by atoms with Gasteiger partial charge in [-0.25, -0.2) is 0 Å². The van der Waals surface area contributed by atoms with Crippen LogP contribution in [0.3, 0.4) is 0 Å². The first-order valence-corrected chi connectivity index (χ1v) is 8.18. The van der Waals surface area contributed by atoms with Crippen LogP contribution in [0, 0.1) is 21.4 Å². The van der Waals surface area contributed by atoms with Crippen molar-refractivity contribution in [2.75, 3.05) is 0 Å². The van der Waals surface area contributed by atoms with Crippen LogP contribution in [0.1, 0.15) is 17.0 Å². The zero-order chi connectivity index (χ0) is 17.8. The Morgan fingerprint density at radius 1 is 1.24 bits per heavy atom. The summed E-state index contributed by atoms with van der Waals surface area (Å²) < 4.78 is 1.82. The van der Waals surface area contributed by atoms with Crippen LogP contribution in [0.5, 0.6) is 0 Å². The zero-order valence-electron chi connectivity index (χ0n) is 13.3. The van der Waals surface area contributed by atoms with Gasteiger partial charge in [0.25, 0.3) is 5.69 Å². The summed E-state index contributed by atoms with van der Waals surface area (Å²) in [5, 5.41) is 29.0. The normalized spacial score (nSPS) is 10.4. The maximum atomic E-state index is 11.3. The van der Waals surface area contributed by atoms with Crippen molar-refractivity contribution >= 4 is 17.4 Å². The van der Waals surface area contributed by atoms with Crippen LogP contribution in [-0.4, -0.2) is 19.7 Å². The minimum absolute atomic E-state index is 0.114. The molecule has 0 saturated heterocycles. The van der Waals surface area contributed by atoms with E-state index in [1.54, 1.807) is 12.1 Å². The molecule has 0 aliphatic heterocycles. The lowest BCUT2D eigenvalue weighted by molar-refractivity contribution is -0.387. The smallest absolute Gasteiger partial charge is 0.284 e. The Balaban J connectivity index is 1.87. The fourth-order valence-corrected chi connectivity index (χ4v) is 3.18. The minimum atomic E-state index is -0.496. The van der Waals surface area contributed by atoms with Crippen LogP contribution in [0.25, 0.3) is 0 Å². The number of nitrogens with zero attached hydrogens (tertiary/aromatic N) is 5. The first-order chi connectivity index (χ1) is 12.1. The maximum Gasteiger partial charge on any atom is 0.284 e. The van der Waals surface area contributed by atoms with E-state index in [2.05, 4.69) is 10.2 Å². The van der Waals surface area contributed by atoms with Gasteiger partial charge >= 0.3 is 0 Å². The molecule has 0 N–H and O–H groups in total. The number of hydrogen-bond acceptors (Lipinski definition) is 6. The van der Waals surface area contributed by atoms with E-state index in [9.17, 15) is 10.1 Å². The zero-order valence-corrected chi connectivity index (χ0v) is 14.1. The molecule has 1 heterocycles. The van der Waals surface area contributed by atoms with Crippen molar-refractivity contribution in [3.8, 4) is 6.07 Å². The van der Waals surface area contributed by atoms with Crippen LogP contribution >= 0.6 is 11.8 Å². The Morgan fingerprint density at radius 2 is 2.00 bits per heavy atom. The lowest BCUT2D eigenvalue weighted by Crippen LogP contribution is -2.00. The van der Waals surface area contributed by atoms with Gasteiger partial charge in [-0.15, -0.1) is 10.2 Å². The van der Waals surface area contributed by atoms with Gasteiger partial charge in [-0.3, -0.25) is 10.1 Å². The molecule has 0 radical (unpaired) electrons. The van der Waals surface area contributed by atoms with Crippen LogP contribution in [0.4, 0.5) is 5.69 Å². The average molecular weight is 351 g/mol. The van der Waals surface area contributed by atoms with Gasteiger partial charge in [-0.2, -0.15) is 5.26 Å². The Bertz CT molecular complexity index is 963. The molecule has 0 amide bonds. The molecule has 3 rings (SSSR count). The second kappa shape index (κ2) is 7.15. The molecule has 0 aliphatic carbocycles. The SMILES string of the molecule is Cn1c(Cc2ccccc2)nnc1Sc1ccc(C#N)cc1[N+](=O)[O-]. The molecule has 0 atom stereocenters. The molecule has 7 nitrogen and oxygen atoms in total. The third kappa shape index (κ3) is 3.67. The average Bonchev–Trinajstić information content (AvgIpc) is 2.96. The molecule has 124 valence electrons. The Hall–Kier alpha value is -3.18. The van der Waals surface area contributed by atoms with Gasteiger partial charge in [-0.05, 0) is 29.5 Å². The number of nitriles is 1. The van der Waals surface area contributed by atoms with Crippen molar-refractivity contribution in [2.24, 2.45) is 7.05 Å². The van der Waals surface area contributed by atoms with Gasteiger partial charge in [0.1, 0.15) is 5.82 Å². The van der Waals surface area contributed by atoms with Crippen LogP contribution < -0.4 is 0 Å². The summed E-state index contributed by atoms with van der Waals surface area (Å²) in [5.74, 6) is 0.769. The van der Waals surface area contributed by atoms with E-state index in [4.69, 9.17) is 5.26 Å². The highest BCUT2D eigenvalue weighted by Gasteiger charge is 2.19. The molecular weight excluding hydrogens is 338 g/mol. The van der Waals surface area contributed by atoms with E-state index in [1.165, 1.54) is 6.07 Å².